The first-order valence-electron chi connectivity index (χ1n) is 14.9. The van der Waals surface area contributed by atoms with Gasteiger partial charge in [-0.25, -0.2) is 9.37 Å². The number of ketones is 1. The van der Waals surface area contributed by atoms with Gasteiger partial charge in [-0.3, -0.25) is 14.6 Å². The number of halogens is 3. The Labute approximate surface area is 268 Å². The molecule has 232 valence electrons. The molecule has 0 spiro atoms. The van der Waals surface area contributed by atoms with E-state index in [1.165, 1.54) is 18.2 Å². The molecule has 2 saturated carbocycles. The third-order valence-corrected chi connectivity index (χ3v) is 9.59. The number of carbonyl (C=O) groups is 2. The summed E-state index contributed by atoms with van der Waals surface area (Å²) >= 11 is 12.3. The largest absolute Gasteiger partial charge is 0.489 e. The van der Waals surface area contributed by atoms with Crippen molar-refractivity contribution >= 4 is 45.8 Å². The minimum Gasteiger partial charge on any atom is -0.489 e. The van der Waals surface area contributed by atoms with Gasteiger partial charge in [0.05, 0.1) is 21.8 Å². The smallest absolute Gasteiger partial charge is 0.231 e. The molecular weight excluding hydrogens is 620 g/mol. The van der Waals surface area contributed by atoms with Crippen molar-refractivity contribution in [2.75, 3.05) is 6.61 Å². The predicted octanol–water partition coefficient (Wildman–Crippen LogP) is 6.68. The van der Waals surface area contributed by atoms with Crippen LogP contribution in [0.15, 0.2) is 48.7 Å². The first kappa shape index (κ1) is 29.9. The lowest BCUT2D eigenvalue weighted by Crippen LogP contribution is -2.40. The summed E-state index contributed by atoms with van der Waals surface area (Å²) in [5, 5.41) is 13.3. The van der Waals surface area contributed by atoms with Gasteiger partial charge < -0.3 is 20.3 Å². The summed E-state index contributed by atoms with van der Waals surface area (Å²) < 4.78 is 26.1. The number of Topliss-reactive ketones (excluding diaryl/α,β-unsaturated/α-hetero) is 1. The van der Waals surface area contributed by atoms with E-state index in [4.69, 9.17) is 43.4 Å². The maximum absolute atomic E-state index is 14.1. The normalized spacial score (nSPS) is 20.4. The minimum atomic E-state index is -1.50. The van der Waals surface area contributed by atoms with Crippen LogP contribution in [0.5, 0.6) is 11.5 Å². The zero-order chi connectivity index (χ0) is 31.7. The van der Waals surface area contributed by atoms with Gasteiger partial charge in [0, 0.05) is 34.7 Å². The van der Waals surface area contributed by atoms with Crippen LogP contribution in [-0.4, -0.2) is 39.5 Å². The number of rotatable bonds is 10. The number of pyridine rings is 2. The Kier molecular flexibility index (Phi) is 7.26. The third kappa shape index (κ3) is 5.41. The fraction of sp³-hybridized carbons (Fsp3) is 0.353. The van der Waals surface area contributed by atoms with Gasteiger partial charge in [0.1, 0.15) is 46.1 Å². The molecule has 7 rings (SSSR count). The molecule has 45 heavy (non-hydrogen) atoms. The Morgan fingerprint density at radius 2 is 1.93 bits per heavy atom. The van der Waals surface area contributed by atoms with Crippen LogP contribution < -0.4 is 15.2 Å². The number of hydrogen-bond donors (Lipinski definition) is 2. The summed E-state index contributed by atoms with van der Waals surface area (Å²) in [5.74, 6) is -0.683. The average Bonchev–Trinajstić information content (AvgIpc) is 3.95. The van der Waals surface area contributed by atoms with Crippen LogP contribution in [0.2, 0.25) is 10.0 Å². The van der Waals surface area contributed by atoms with Crippen LogP contribution >= 0.6 is 23.2 Å². The van der Waals surface area contributed by atoms with Gasteiger partial charge >= 0.3 is 0 Å². The number of carbonyl (C=O) groups excluding carboxylic acids is 2. The second-order valence-corrected chi connectivity index (χ2v) is 13.3. The van der Waals surface area contributed by atoms with Gasteiger partial charge in [-0.1, -0.05) is 23.2 Å². The van der Waals surface area contributed by atoms with Crippen molar-refractivity contribution in [2.45, 2.75) is 62.6 Å². The maximum atomic E-state index is 14.1. The molecule has 11 heteroatoms. The molecule has 4 aromatic rings. The van der Waals surface area contributed by atoms with E-state index in [1.807, 2.05) is 0 Å². The van der Waals surface area contributed by atoms with Gasteiger partial charge in [0.2, 0.25) is 5.91 Å². The molecule has 2 fully saturated rings. The number of hydrogen-bond acceptors (Lipinski definition) is 7. The molecule has 1 aliphatic heterocycles. The average molecular weight is 651 g/mol. The molecule has 8 nitrogen and oxygen atoms in total. The second-order valence-electron chi connectivity index (χ2n) is 12.5. The van der Waals surface area contributed by atoms with Crippen molar-refractivity contribution in [2.24, 2.45) is 11.7 Å². The number of nitrogens with zero attached hydrogens (tertiary/aromatic N) is 2. The lowest BCUT2D eigenvalue weighted by molar-refractivity contribution is -0.123. The first-order chi connectivity index (χ1) is 21.5. The van der Waals surface area contributed by atoms with Gasteiger partial charge in [0.15, 0.2) is 5.78 Å². The topological polar surface area (TPSA) is 125 Å². The Morgan fingerprint density at radius 3 is 2.62 bits per heavy atom. The number of fused-ring (bicyclic) bond motifs is 2. The summed E-state index contributed by atoms with van der Waals surface area (Å²) in [6, 6.07) is 11.0. The molecule has 3 heterocycles. The number of ether oxygens (including phenoxy) is 2. The van der Waals surface area contributed by atoms with E-state index < -0.39 is 22.7 Å². The zero-order valence-corrected chi connectivity index (χ0v) is 25.9. The number of primary amides is 1. The summed E-state index contributed by atoms with van der Waals surface area (Å²) in [6.07, 6.45) is 5.10. The standard InChI is InChI=1S/C34H30Cl2FN3O5/c1-33(32(38)42)16-44-31-23(33)14-28(40-30(31)17-2-7-25(37)24(36)12-17)34(43,20-3-4-20)9-8-26(41)18-10-19-11-21(35)15-39-29(19)27(13-18)45-22-5-6-22/h2,7,10-15,20,22,43H,3-6,8-9,16H2,1H3,(H2,38,42)/t33-,34+/m0/s1. The molecule has 1 amide bonds. The molecule has 2 aromatic carbocycles. The fourth-order valence-corrected chi connectivity index (χ4v) is 6.35. The van der Waals surface area contributed by atoms with Gasteiger partial charge in [-0.2, -0.15) is 0 Å². The summed E-state index contributed by atoms with van der Waals surface area (Å²) in [6.45, 7) is 1.66. The van der Waals surface area contributed by atoms with E-state index in [-0.39, 0.29) is 48.0 Å². The van der Waals surface area contributed by atoms with Crippen LogP contribution in [0.4, 0.5) is 4.39 Å². The predicted molar refractivity (Wildman–Crippen MR) is 167 cm³/mol. The van der Waals surface area contributed by atoms with Crippen molar-refractivity contribution in [1.82, 2.24) is 9.97 Å². The Balaban J connectivity index is 1.26. The van der Waals surface area contributed by atoms with Crippen molar-refractivity contribution in [3.63, 3.8) is 0 Å². The molecule has 2 aromatic heterocycles. The van der Waals surface area contributed by atoms with Crippen LogP contribution in [0.25, 0.3) is 22.2 Å². The van der Waals surface area contributed by atoms with E-state index >= 15 is 0 Å². The van der Waals surface area contributed by atoms with Crippen LogP contribution in [0, 0.1) is 11.7 Å². The molecule has 2 atom stereocenters. The monoisotopic (exact) mass is 649 g/mol. The summed E-state index contributed by atoms with van der Waals surface area (Å²) in [4.78, 5) is 35.6. The first-order valence-corrected chi connectivity index (χ1v) is 15.7. The molecule has 2 aliphatic carbocycles. The van der Waals surface area contributed by atoms with E-state index in [1.54, 1.807) is 37.4 Å². The van der Waals surface area contributed by atoms with E-state index in [9.17, 15) is 19.1 Å². The number of benzene rings is 2. The maximum Gasteiger partial charge on any atom is 0.231 e. The summed E-state index contributed by atoms with van der Waals surface area (Å²) in [7, 11) is 0. The number of nitrogens with two attached hydrogens (primary N) is 1. The zero-order valence-electron chi connectivity index (χ0n) is 24.4. The van der Waals surface area contributed by atoms with Crippen molar-refractivity contribution in [1.29, 1.82) is 0 Å². The highest BCUT2D eigenvalue weighted by atomic mass is 35.5. The Hall–Kier alpha value is -3.79. The Morgan fingerprint density at radius 1 is 1.16 bits per heavy atom. The molecule has 0 bridgehead atoms. The fourth-order valence-electron chi connectivity index (χ4n) is 6.00. The molecular formula is C34H30Cl2FN3O5. The van der Waals surface area contributed by atoms with E-state index in [0.717, 1.165) is 25.7 Å². The van der Waals surface area contributed by atoms with Gasteiger partial charge in [-0.15, -0.1) is 0 Å². The highest BCUT2D eigenvalue weighted by Gasteiger charge is 2.50. The van der Waals surface area contributed by atoms with Crippen molar-refractivity contribution in [3.8, 4) is 22.8 Å². The van der Waals surface area contributed by atoms with E-state index in [2.05, 4.69) is 4.98 Å². The lowest BCUT2D eigenvalue weighted by Gasteiger charge is -2.30. The van der Waals surface area contributed by atoms with Crippen molar-refractivity contribution < 1.29 is 28.6 Å². The van der Waals surface area contributed by atoms with Gasteiger partial charge in [0.25, 0.3) is 0 Å². The highest BCUT2D eigenvalue weighted by Crippen LogP contribution is 2.52. The SMILES string of the molecule is C[C@]1(C(N)=O)COc2c1cc([C@@](O)(CCC(=O)c1cc(OC3CC3)c3ncc(Cl)cc3c1)C1CC1)nc2-c1ccc(F)c(Cl)c1. The summed E-state index contributed by atoms with van der Waals surface area (Å²) in [5.41, 5.74) is 5.72. The number of amides is 1. The molecule has 0 radical (unpaired) electrons. The quantitative estimate of drug-likeness (QED) is 0.184. The Bertz CT molecular complexity index is 1900. The van der Waals surface area contributed by atoms with E-state index in [0.29, 0.717) is 49.8 Å². The van der Waals surface area contributed by atoms with Crippen LogP contribution in [0.1, 0.15) is 67.1 Å². The highest BCUT2D eigenvalue weighted by molar-refractivity contribution is 6.31. The number of aromatic nitrogens is 2. The molecule has 3 N–H and O–H groups in total. The molecule has 3 aliphatic rings. The lowest BCUT2D eigenvalue weighted by atomic mass is 9.80. The van der Waals surface area contributed by atoms with Crippen LogP contribution in [0.3, 0.4) is 0 Å². The number of aliphatic hydroxyl groups is 1. The molecule has 0 unspecified atom stereocenters. The molecule has 0 saturated heterocycles. The third-order valence-electron chi connectivity index (χ3n) is 9.09. The minimum absolute atomic E-state index is 0.00936. The van der Waals surface area contributed by atoms with Gasteiger partial charge in [-0.05, 0) is 87.4 Å². The van der Waals surface area contributed by atoms with Crippen molar-refractivity contribution in [3.05, 3.63) is 81.3 Å². The second kappa shape index (κ2) is 10.9. The van der Waals surface area contributed by atoms with Crippen LogP contribution in [-0.2, 0) is 15.8 Å².